The van der Waals surface area contributed by atoms with Crippen molar-refractivity contribution >= 4 is 27.9 Å². The van der Waals surface area contributed by atoms with Gasteiger partial charge in [0.05, 0.1) is 21.3 Å². The van der Waals surface area contributed by atoms with Crippen LogP contribution in [0.1, 0.15) is 31.1 Å². The van der Waals surface area contributed by atoms with Crippen molar-refractivity contribution in [2.75, 3.05) is 34.4 Å². The topological polar surface area (TPSA) is 128 Å². The minimum absolute atomic E-state index is 0.0331. The van der Waals surface area contributed by atoms with E-state index >= 15 is 0 Å². The zero-order valence-electron chi connectivity index (χ0n) is 17.3. The maximum Gasteiger partial charge on any atom is 0.325 e. The second kappa shape index (κ2) is 9.70. The zero-order chi connectivity index (χ0) is 22.4. The van der Waals surface area contributed by atoms with E-state index < -0.39 is 46.5 Å². The number of benzene rings is 1. The largest absolute Gasteiger partial charge is 0.495 e. The lowest BCUT2D eigenvalue weighted by Gasteiger charge is -2.23. The Kier molecular flexibility index (Phi) is 8.15. The fourth-order valence-corrected chi connectivity index (χ4v) is 3.92. The molecule has 10 nitrogen and oxygen atoms in total. The molecule has 11 heteroatoms. The average Bonchev–Trinajstić information content (AvgIpc) is 2.64. The van der Waals surface area contributed by atoms with Gasteiger partial charge >= 0.3 is 11.9 Å². The van der Waals surface area contributed by atoms with Crippen molar-refractivity contribution in [3.05, 3.63) is 23.8 Å². The number of nitrogens with zero attached hydrogens (tertiary/aromatic N) is 1. The predicted molar refractivity (Wildman–Crippen MR) is 103 cm³/mol. The molecule has 0 aromatic heterocycles. The van der Waals surface area contributed by atoms with Crippen LogP contribution in [0.4, 0.5) is 0 Å². The summed E-state index contributed by atoms with van der Waals surface area (Å²) in [5.41, 5.74) is -0.834. The quantitative estimate of drug-likeness (QED) is 0.593. The van der Waals surface area contributed by atoms with E-state index in [1.807, 2.05) is 0 Å². The number of ether oxygens (including phenoxy) is 3. The number of rotatable bonds is 8. The smallest absolute Gasteiger partial charge is 0.325 e. The number of carbonyl (C=O) groups excluding carboxylic acids is 3. The highest BCUT2D eigenvalue weighted by Gasteiger charge is 2.28. The monoisotopic (exact) mass is 430 g/mol. The summed E-state index contributed by atoms with van der Waals surface area (Å²) in [7, 11) is -0.451. The molecule has 1 aromatic carbocycles. The van der Waals surface area contributed by atoms with E-state index in [-0.39, 0.29) is 16.2 Å². The lowest BCUT2D eigenvalue weighted by molar-refractivity contribution is -0.144. The third-order valence-corrected chi connectivity index (χ3v) is 5.30. The van der Waals surface area contributed by atoms with Crippen molar-refractivity contribution in [3.8, 4) is 5.75 Å². The van der Waals surface area contributed by atoms with Gasteiger partial charge in [0.25, 0.3) is 5.91 Å². The summed E-state index contributed by atoms with van der Waals surface area (Å²) in [6, 6.07) is 3.77. The fourth-order valence-electron chi connectivity index (χ4n) is 2.30. The molecule has 0 atom stereocenters. The molecule has 0 unspecified atom stereocenters. The Labute approximate surface area is 170 Å². The van der Waals surface area contributed by atoms with Crippen LogP contribution in [-0.2, 0) is 29.1 Å². The molecule has 0 fully saturated rings. The van der Waals surface area contributed by atoms with Crippen LogP contribution in [0.5, 0.6) is 5.75 Å². The number of methoxy groups -OCH3 is 3. The van der Waals surface area contributed by atoms with E-state index in [4.69, 9.17) is 4.74 Å². The number of amides is 1. The SMILES string of the molecule is COC(=O)CN(CC(=O)OC)C(=O)c1ccc(OC)c(S(=O)(=O)NC(C)(C)C)c1. The van der Waals surface area contributed by atoms with Gasteiger partial charge in [-0.15, -0.1) is 0 Å². The summed E-state index contributed by atoms with van der Waals surface area (Å²) in [5.74, 6) is -2.22. The third kappa shape index (κ3) is 7.02. The fraction of sp³-hybridized carbons (Fsp3) is 0.500. The number of hydrogen-bond acceptors (Lipinski definition) is 8. The molecule has 0 saturated heterocycles. The molecule has 0 spiro atoms. The molecule has 0 radical (unpaired) electrons. The van der Waals surface area contributed by atoms with Crippen LogP contribution in [0.3, 0.4) is 0 Å². The normalized spacial score (nSPS) is 11.5. The lowest BCUT2D eigenvalue weighted by atomic mass is 10.1. The molecular weight excluding hydrogens is 404 g/mol. The van der Waals surface area contributed by atoms with Crippen molar-refractivity contribution in [3.63, 3.8) is 0 Å². The van der Waals surface area contributed by atoms with Crippen LogP contribution in [0.2, 0.25) is 0 Å². The van der Waals surface area contributed by atoms with Crippen LogP contribution in [0.25, 0.3) is 0 Å². The number of sulfonamides is 1. The molecule has 0 saturated carbocycles. The summed E-state index contributed by atoms with van der Waals surface area (Å²) in [4.78, 5) is 36.7. The Morgan fingerprint density at radius 3 is 1.93 bits per heavy atom. The van der Waals surface area contributed by atoms with Crippen molar-refractivity contribution < 1.29 is 37.0 Å². The Bertz CT molecular complexity index is 856. The van der Waals surface area contributed by atoms with E-state index in [1.54, 1.807) is 20.8 Å². The lowest BCUT2D eigenvalue weighted by Crippen LogP contribution is -2.41. The molecule has 1 amide bonds. The first kappa shape index (κ1) is 24.4. The Balaban J connectivity index is 3.39. The van der Waals surface area contributed by atoms with Gasteiger partial charge in [-0.2, -0.15) is 0 Å². The first-order chi connectivity index (χ1) is 13.3. The van der Waals surface area contributed by atoms with Gasteiger partial charge in [-0.3, -0.25) is 14.4 Å². The number of esters is 2. The Morgan fingerprint density at radius 2 is 1.52 bits per heavy atom. The Hall–Kier alpha value is -2.66. The molecule has 0 bridgehead atoms. The average molecular weight is 430 g/mol. The van der Waals surface area contributed by atoms with Crippen LogP contribution in [0.15, 0.2) is 23.1 Å². The molecule has 162 valence electrons. The first-order valence-electron chi connectivity index (χ1n) is 8.49. The van der Waals surface area contributed by atoms with E-state index in [0.717, 1.165) is 25.2 Å². The molecule has 1 rings (SSSR count). The van der Waals surface area contributed by atoms with Crippen LogP contribution >= 0.6 is 0 Å². The van der Waals surface area contributed by atoms with Gasteiger partial charge in [0.15, 0.2) is 0 Å². The number of nitrogens with one attached hydrogen (secondary N) is 1. The molecule has 1 aromatic rings. The predicted octanol–water partition coefficient (Wildman–Crippen LogP) is 0.560. The van der Waals surface area contributed by atoms with Crippen LogP contribution < -0.4 is 9.46 Å². The van der Waals surface area contributed by atoms with Gasteiger partial charge in [0.1, 0.15) is 23.7 Å². The summed E-state index contributed by atoms with van der Waals surface area (Å²) in [5, 5.41) is 0. The van der Waals surface area contributed by atoms with E-state index in [2.05, 4.69) is 14.2 Å². The Morgan fingerprint density at radius 1 is 1.00 bits per heavy atom. The minimum Gasteiger partial charge on any atom is -0.495 e. The van der Waals surface area contributed by atoms with Crippen molar-refractivity contribution in [1.82, 2.24) is 9.62 Å². The molecule has 29 heavy (non-hydrogen) atoms. The summed E-state index contributed by atoms with van der Waals surface area (Å²) in [6.45, 7) is 3.97. The van der Waals surface area contributed by atoms with E-state index in [1.165, 1.54) is 19.2 Å². The van der Waals surface area contributed by atoms with Crippen molar-refractivity contribution in [1.29, 1.82) is 0 Å². The molecule has 0 aliphatic heterocycles. The number of hydrogen-bond donors (Lipinski definition) is 1. The standard InChI is InChI=1S/C18H26N2O8S/c1-18(2,3)19-29(24,25)14-9-12(7-8-13(14)26-4)17(23)20(10-15(21)27-5)11-16(22)28-6/h7-9,19H,10-11H2,1-6H3. The van der Waals surface area contributed by atoms with Crippen molar-refractivity contribution in [2.24, 2.45) is 0 Å². The zero-order valence-corrected chi connectivity index (χ0v) is 18.1. The van der Waals surface area contributed by atoms with Gasteiger partial charge in [-0.25, -0.2) is 13.1 Å². The second-order valence-corrected chi connectivity index (χ2v) is 8.69. The number of carbonyl (C=O) groups is 3. The van der Waals surface area contributed by atoms with Gasteiger partial charge in [-0.1, -0.05) is 0 Å². The summed E-state index contributed by atoms with van der Waals surface area (Å²) in [6.07, 6.45) is 0. The highest BCUT2D eigenvalue weighted by Crippen LogP contribution is 2.26. The van der Waals surface area contributed by atoms with E-state index in [0.29, 0.717) is 0 Å². The highest BCUT2D eigenvalue weighted by molar-refractivity contribution is 7.89. The van der Waals surface area contributed by atoms with Gasteiger partial charge in [0.2, 0.25) is 10.0 Å². The molecule has 0 aliphatic carbocycles. The third-order valence-electron chi connectivity index (χ3n) is 3.52. The molecule has 1 N–H and O–H groups in total. The minimum atomic E-state index is -4.03. The van der Waals surface area contributed by atoms with Gasteiger partial charge < -0.3 is 19.1 Å². The van der Waals surface area contributed by atoms with Gasteiger partial charge in [-0.05, 0) is 39.0 Å². The van der Waals surface area contributed by atoms with Gasteiger partial charge in [0, 0.05) is 11.1 Å². The highest BCUT2D eigenvalue weighted by atomic mass is 32.2. The van der Waals surface area contributed by atoms with E-state index in [9.17, 15) is 22.8 Å². The molecule has 0 heterocycles. The first-order valence-corrected chi connectivity index (χ1v) is 9.98. The van der Waals surface area contributed by atoms with Crippen molar-refractivity contribution in [2.45, 2.75) is 31.2 Å². The maximum absolute atomic E-state index is 12.9. The summed E-state index contributed by atoms with van der Waals surface area (Å²) >= 11 is 0. The maximum atomic E-state index is 12.9. The second-order valence-electron chi connectivity index (χ2n) is 7.03. The van der Waals surface area contributed by atoms with Crippen LogP contribution in [0, 0.1) is 0 Å². The molecule has 0 aliphatic rings. The summed E-state index contributed by atoms with van der Waals surface area (Å²) < 4.78 is 42.2. The molecular formula is C18H26N2O8S. The van der Waals surface area contributed by atoms with Crippen LogP contribution in [-0.4, -0.2) is 71.1 Å².